The van der Waals surface area contributed by atoms with Gasteiger partial charge in [0.1, 0.15) is 17.3 Å². The normalized spacial score (nSPS) is 32.0. The van der Waals surface area contributed by atoms with Crippen LogP contribution in [0.3, 0.4) is 0 Å². The summed E-state index contributed by atoms with van der Waals surface area (Å²) in [7, 11) is -3.56. The minimum atomic E-state index is -3.56. The molecule has 1 aliphatic heterocycles. The molecule has 3 rings (SSSR count). The van der Waals surface area contributed by atoms with Crippen LogP contribution >= 0.6 is 11.6 Å². The number of hydroxylamine groups is 1. The van der Waals surface area contributed by atoms with Gasteiger partial charge in [-0.2, -0.15) is 0 Å². The fourth-order valence-electron chi connectivity index (χ4n) is 2.98. The number of carbonyl (C=O) groups excluding carboxylic acids is 1. The molecule has 114 valence electrons. The predicted molar refractivity (Wildman–Crippen MR) is 78.4 cm³/mol. The maximum Gasteiger partial charge on any atom is 0.233 e. The van der Waals surface area contributed by atoms with Crippen LogP contribution in [0.1, 0.15) is 18.4 Å². The fourth-order valence-corrected chi connectivity index (χ4v) is 4.10. The molecule has 1 saturated carbocycles. The first-order chi connectivity index (χ1) is 9.82. The summed E-state index contributed by atoms with van der Waals surface area (Å²) in [5.74, 6) is 0. The zero-order valence-electron chi connectivity index (χ0n) is 11.5. The molecule has 1 saturated heterocycles. The van der Waals surface area contributed by atoms with Gasteiger partial charge >= 0.3 is 0 Å². The summed E-state index contributed by atoms with van der Waals surface area (Å²) in [6, 6.07) is 9.65. The van der Waals surface area contributed by atoms with Crippen molar-refractivity contribution in [1.82, 2.24) is 4.47 Å². The maximum absolute atomic E-state index is 11.7. The lowest BCUT2D eigenvalue weighted by Crippen LogP contribution is -2.44. The molecule has 7 heteroatoms. The number of carbonyl (C=O) groups is 1. The first kappa shape index (κ1) is 15.0. The Morgan fingerprint density at radius 1 is 1.33 bits per heavy atom. The zero-order chi connectivity index (χ0) is 15.3. The second kappa shape index (κ2) is 4.78. The summed E-state index contributed by atoms with van der Waals surface area (Å²) >= 11 is 6.40. The van der Waals surface area contributed by atoms with Crippen LogP contribution in [0.4, 0.5) is 0 Å². The topological polar surface area (TPSA) is 63.7 Å². The summed E-state index contributed by atoms with van der Waals surface area (Å²) in [5.41, 5.74) is 0.640. The van der Waals surface area contributed by atoms with Gasteiger partial charge in [-0.15, -0.1) is 11.6 Å². The monoisotopic (exact) mass is 329 g/mol. The average molecular weight is 330 g/mol. The van der Waals surface area contributed by atoms with Gasteiger partial charge in [-0.05, 0) is 18.4 Å². The van der Waals surface area contributed by atoms with E-state index in [-0.39, 0.29) is 12.0 Å². The van der Waals surface area contributed by atoms with Gasteiger partial charge in [-0.3, -0.25) is 4.84 Å². The van der Waals surface area contributed by atoms with Crippen LogP contribution in [0.2, 0.25) is 0 Å². The lowest BCUT2D eigenvalue weighted by molar-refractivity contribution is -0.115. The van der Waals surface area contributed by atoms with Gasteiger partial charge in [0.15, 0.2) is 0 Å². The molecule has 0 bridgehead atoms. The molecule has 2 fully saturated rings. The smallest absolute Gasteiger partial charge is 0.233 e. The van der Waals surface area contributed by atoms with E-state index in [1.54, 1.807) is 0 Å². The molecule has 1 aromatic carbocycles. The molecular weight excluding hydrogens is 314 g/mol. The highest BCUT2D eigenvalue weighted by Gasteiger charge is 2.64. The van der Waals surface area contributed by atoms with Gasteiger partial charge in [-0.25, -0.2) is 8.42 Å². The third-order valence-corrected chi connectivity index (χ3v) is 5.60. The van der Waals surface area contributed by atoms with Crippen LogP contribution in [0.5, 0.6) is 0 Å². The van der Waals surface area contributed by atoms with E-state index in [0.29, 0.717) is 6.29 Å². The average Bonchev–Trinajstić information content (AvgIpc) is 3.17. The number of rotatable bonds is 4. The number of hydrogen-bond acceptors (Lipinski definition) is 4. The molecule has 0 spiro atoms. The zero-order valence-corrected chi connectivity index (χ0v) is 13.1. The second-order valence-electron chi connectivity index (χ2n) is 5.78. The van der Waals surface area contributed by atoms with Crippen LogP contribution in [0.25, 0.3) is 0 Å². The molecule has 1 aliphatic carbocycles. The number of alkyl halides is 1. The summed E-state index contributed by atoms with van der Waals surface area (Å²) in [5, 5.41) is 0. The first-order valence-corrected chi connectivity index (χ1v) is 8.90. The highest BCUT2D eigenvalue weighted by molar-refractivity contribution is 7.88. The second-order valence-corrected chi connectivity index (χ2v) is 8.35. The molecule has 1 heterocycles. The minimum absolute atomic E-state index is 0.157. The van der Waals surface area contributed by atoms with Gasteiger partial charge in [0, 0.05) is 5.41 Å². The van der Waals surface area contributed by atoms with Crippen molar-refractivity contribution in [1.29, 1.82) is 0 Å². The molecule has 21 heavy (non-hydrogen) atoms. The lowest BCUT2D eigenvalue weighted by atomic mass is 9.83. The Balaban J connectivity index is 1.99. The highest BCUT2D eigenvalue weighted by Crippen LogP contribution is 2.57. The van der Waals surface area contributed by atoms with E-state index in [1.165, 1.54) is 0 Å². The Bertz CT molecular complexity index is 659. The molecule has 0 N–H and O–H groups in total. The molecule has 2 unspecified atom stereocenters. The van der Waals surface area contributed by atoms with Crippen molar-refractivity contribution in [2.75, 3.05) is 12.8 Å². The number of aldehydes is 1. The van der Waals surface area contributed by atoms with E-state index < -0.39 is 21.0 Å². The van der Waals surface area contributed by atoms with Crippen molar-refractivity contribution in [2.45, 2.75) is 29.2 Å². The molecule has 5 nitrogen and oxygen atoms in total. The SMILES string of the molecule is CS(=O)(=O)N1CC(Cl)(C=O)C(C2(c3ccccc3)CC2)O1. The van der Waals surface area contributed by atoms with Gasteiger partial charge in [0.25, 0.3) is 0 Å². The fraction of sp³-hybridized carbons (Fsp3) is 0.500. The van der Waals surface area contributed by atoms with E-state index in [4.69, 9.17) is 16.4 Å². The molecule has 0 aromatic heterocycles. The van der Waals surface area contributed by atoms with Crippen LogP contribution in [0.15, 0.2) is 30.3 Å². The highest BCUT2D eigenvalue weighted by atomic mass is 35.5. The summed E-state index contributed by atoms with van der Waals surface area (Å²) in [4.78, 5) is 15.7. The first-order valence-electron chi connectivity index (χ1n) is 6.67. The maximum atomic E-state index is 11.7. The van der Waals surface area contributed by atoms with Crippen LogP contribution in [0, 0.1) is 0 Å². The van der Waals surface area contributed by atoms with Crippen LogP contribution in [-0.4, -0.2) is 43.0 Å². The Kier molecular flexibility index (Phi) is 3.40. The Hall–Kier alpha value is -0.950. The largest absolute Gasteiger partial charge is 0.301 e. The lowest BCUT2D eigenvalue weighted by Gasteiger charge is -2.29. The standard InChI is InChI=1S/C14H16ClNO4S/c1-21(18,19)16-9-14(15,10-17)12(20-16)13(7-8-13)11-5-3-2-4-6-11/h2-6,10,12H,7-9H2,1H3. The van der Waals surface area contributed by atoms with Crippen molar-refractivity contribution >= 4 is 27.9 Å². The Morgan fingerprint density at radius 2 is 1.95 bits per heavy atom. The van der Waals surface area contributed by atoms with Gasteiger partial charge in [-0.1, -0.05) is 34.8 Å². The van der Waals surface area contributed by atoms with Crippen molar-refractivity contribution < 1.29 is 18.0 Å². The number of halogens is 1. The van der Waals surface area contributed by atoms with Crippen LogP contribution < -0.4 is 0 Å². The van der Waals surface area contributed by atoms with Crippen molar-refractivity contribution in [3.8, 4) is 0 Å². The number of hydrogen-bond donors (Lipinski definition) is 0. The summed E-state index contributed by atoms with van der Waals surface area (Å²) in [6.45, 7) is -0.157. The van der Waals surface area contributed by atoms with Gasteiger partial charge in [0.05, 0.1) is 12.8 Å². The number of benzene rings is 1. The van der Waals surface area contributed by atoms with Crippen molar-refractivity contribution in [3.63, 3.8) is 0 Å². The minimum Gasteiger partial charge on any atom is -0.301 e. The third kappa shape index (κ3) is 2.40. The predicted octanol–water partition coefficient (Wildman–Crippen LogP) is 1.47. The van der Waals surface area contributed by atoms with E-state index in [0.717, 1.165) is 29.1 Å². The van der Waals surface area contributed by atoms with Crippen LogP contribution in [-0.2, 0) is 25.1 Å². The van der Waals surface area contributed by atoms with Crippen molar-refractivity contribution in [2.24, 2.45) is 0 Å². The summed E-state index contributed by atoms with van der Waals surface area (Å²) in [6.07, 6.45) is 2.61. The molecule has 0 radical (unpaired) electrons. The van der Waals surface area contributed by atoms with Crippen molar-refractivity contribution in [3.05, 3.63) is 35.9 Å². The quantitative estimate of drug-likeness (QED) is 0.620. The molecule has 2 aliphatic rings. The van der Waals surface area contributed by atoms with Gasteiger partial charge in [0.2, 0.25) is 10.0 Å². The van der Waals surface area contributed by atoms with E-state index >= 15 is 0 Å². The third-order valence-electron chi connectivity index (χ3n) is 4.24. The van der Waals surface area contributed by atoms with Gasteiger partial charge < -0.3 is 4.79 Å². The number of sulfonamides is 1. The number of nitrogens with zero attached hydrogens (tertiary/aromatic N) is 1. The molecule has 0 amide bonds. The molecule has 2 atom stereocenters. The Morgan fingerprint density at radius 3 is 2.43 bits per heavy atom. The Labute approximate surface area is 128 Å². The molecular formula is C14H16ClNO4S. The van der Waals surface area contributed by atoms with E-state index in [2.05, 4.69) is 0 Å². The molecule has 1 aromatic rings. The van der Waals surface area contributed by atoms with E-state index in [9.17, 15) is 13.2 Å². The summed E-state index contributed by atoms with van der Waals surface area (Å²) < 4.78 is 24.2. The van der Waals surface area contributed by atoms with E-state index in [1.807, 2.05) is 30.3 Å².